The van der Waals surface area contributed by atoms with Crippen molar-refractivity contribution in [3.63, 3.8) is 0 Å². The minimum atomic E-state index is -4.77. The van der Waals surface area contributed by atoms with Gasteiger partial charge in [-0.15, -0.1) is 24.8 Å². The molecule has 4 rings (SSSR count). The van der Waals surface area contributed by atoms with Crippen molar-refractivity contribution < 1.29 is 22.0 Å². The highest BCUT2D eigenvalue weighted by atomic mass is 35.5. The molecule has 0 spiro atoms. The number of rotatable bonds is 3. The number of aliphatic imine (C=N–C) groups is 1. The Morgan fingerprint density at radius 1 is 1.00 bits per heavy atom. The van der Waals surface area contributed by atoms with Crippen molar-refractivity contribution >= 4 is 36.6 Å². The van der Waals surface area contributed by atoms with Gasteiger partial charge in [-0.25, -0.2) is 4.39 Å². The molecule has 0 unspecified atom stereocenters. The van der Waals surface area contributed by atoms with Gasteiger partial charge in [0.05, 0.1) is 16.8 Å². The van der Waals surface area contributed by atoms with E-state index in [0.29, 0.717) is 18.4 Å². The minimum absolute atomic E-state index is 0. The Hall–Kier alpha value is -2.64. The highest BCUT2D eigenvalue weighted by Crippen LogP contribution is 2.36. The summed E-state index contributed by atoms with van der Waals surface area (Å²) in [5, 5.41) is 0. The predicted octanol–water partition coefficient (Wildman–Crippen LogP) is 7.01. The first-order valence-corrected chi connectivity index (χ1v) is 9.05. The van der Waals surface area contributed by atoms with Crippen molar-refractivity contribution in [2.75, 3.05) is 6.54 Å². The first-order valence-electron chi connectivity index (χ1n) is 9.05. The van der Waals surface area contributed by atoms with Gasteiger partial charge in [0.25, 0.3) is 0 Å². The Labute approximate surface area is 188 Å². The summed E-state index contributed by atoms with van der Waals surface area (Å²) in [6.45, 7) is 0.709. The van der Waals surface area contributed by atoms with E-state index in [1.54, 1.807) is 24.5 Å². The minimum Gasteiger partial charge on any atom is -0.457 e. The van der Waals surface area contributed by atoms with Gasteiger partial charge in [-0.05, 0) is 60.9 Å². The number of hydrogen-bond donors (Lipinski definition) is 0. The first kappa shape index (κ1) is 24.6. The van der Waals surface area contributed by atoms with Crippen molar-refractivity contribution in [3.05, 3.63) is 83.1 Å². The maximum Gasteiger partial charge on any atom is 0.419 e. The Morgan fingerprint density at radius 3 is 2.52 bits per heavy atom. The number of benzene rings is 1. The molecule has 2 aromatic heterocycles. The standard InChI is InChI=1S/C22H16F4N2O.2ClH/c23-20-17(6-1-7-18(20)22(24,25)26)19-9-8-16(29-19)12-14-4-3-11-28-21(14)15-5-2-10-27-13-15;;/h1-2,5-10,12-13H,3-4,11H2;2*1H/b14-12-;;. The van der Waals surface area contributed by atoms with Crippen LogP contribution in [0.4, 0.5) is 17.6 Å². The molecule has 0 radical (unpaired) electrons. The maximum atomic E-state index is 14.4. The second-order valence-corrected chi connectivity index (χ2v) is 6.61. The lowest BCUT2D eigenvalue weighted by Gasteiger charge is -2.15. The predicted molar refractivity (Wildman–Crippen MR) is 116 cm³/mol. The van der Waals surface area contributed by atoms with Gasteiger partial charge in [-0.1, -0.05) is 6.07 Å². The van der Waals surface area contributed by atoms with Crippen molar-refractivity contribution in [1.29, 1.82) is 0 Å². The lowest BCUT2D eigenvalue weighted by molar-refractivity contribution is -0.139. The Kier molecular flexibility index (Phi) is 8.03. The molecule has 0 amide bonds. The van der Waals surface area contributed by atoms with E-state index in [4.69, 9.17) is 4.42 Å². The van der Waals surface area contributed by atoms with Crippen molar-refractivity contribution in [1.82, 2.24) is 4.98 Å². The second kappa shape index (κ2) is 10.1. The van der Waals surface area contributed by atoms with E-state index in [-0.39, 0.29) is 36.1 Å². The van der Waals surface area contributed by atoms with Crippen LogP contribution >= 0.6 is 24.8 Å². The van der Waals surface area contributed by atoms with Crippen molar-refractivity contribution in [3.8, 4) is 11.3 Å². The van der Waals surface area contributed by atoms with E-state index >= 15 is 0 Å². The number of halogens is 6. The van der Waals surface area contributed by atoms with Gasteiger partial charge >= 0.3 is 6.18 Å². The lowest BCUT2D eigenvalue weighted by atomic mass is 9.96. The topological polar surface area (TPSA) is 38.4 Å². The fourth-order valence-electron chi connectivity index (χ4n) is 3.29. The fraction of sp³-hybridized carbons (Fsp3) is 0.182. The average Bonchev–Trinajstić information content (AvgIpc) is 3.16. The molecule has 1 aromatic carbocycles. The number of nitrogens with zero attached hydrogens (tertiary/aromatic N) is 2. The summed E-state index contributed by atoms with van der Waals surface area (Å²) in [7, 11) is 0. The fourth-order valence-corrected chi connectivity index (χ4v) is 3.29. The highest BCUT2D eigenvalue weighted by molar-refractivity contribution is 6.15. The zero-order valence-electron chi connectivity index (χ0n) is 16.0. The molecule has 3 aromatic rings. The molecule has 31 heavy (non-hydrogen) atoms. The summed E-state index contributed by atoms with van der Waals surface area (Å²) in [4.78, 5) is 8.69. The quantitative estimate of drug-likeness (QED) is 0.384. The van der Waals surface area contributed by atoms with Crippen LogP contribution in [-0.4, -0.2) is 17.2 Å². The third kappa shape index (κ3) is 5.35. The van der Waals surface area contributed by atoms with Crippen LogP contribution in [0.5, 0.6) is 0 Å². The number of hydrogen-bond acceptors (Lipinski definition) is 3. The zero-order chi connectivity index (χ0) is 20.4. The normalized spacial score (nSPS) is 15.1. The third-order valence-corrected chi connectivity index (χ3v) is 4.63. The summed E-state index contributed by atoms with van der Waals surface area (Å²) in [5.74, 6) is -0.884. The van der Waals surface area contributed by atoms with E-state index in [9.17, 15) is 17.6 Å². The molecule has 3 nitrogen and oxygen atoms in total. The van der Waals surface area contributed by atoms with Gasteiger partial charge < -0.3 is 4.42 Å². The monoisotopic (exact) mass is 472 g/mol. The van der Waals surface area contributed by atoms with E-state index in [1.807, 2.05) is 12.1 Å². The molecule has 0 fully saturated rings. The van der Waals surface area contributed by atoms with E-state index < -0.39 is 17.6 Å². The molecule has 0 N–H and O–H groups in total. The summed E-state index contributed by atoms with van der Waals surface area (Å²) in [6, 6.07) is 9.96. The molecule has 0 bridgehead atoms. The number of pyridine rings is 1. The molecule has 0 saturated heterocycles. The molecular weight excluding hydrogens is 455 g/mol. The molecule has 1 aliphatic rings. The number of aromatic nitrogens is 1. The van der Waals surface area contributed by atoms with Crippen LogP contribution in [0.2, 0.25) is 0 Å². The van der Waals surface area contributed by atoms with Gasteiger partial charge in [0.15, 0.2) is 0 Å². The number of allylic oxidation sites excluding steroid dienone is 1. The molecule has 0 aliphatic carbocycles. The third-order valence-electron chi connectivity index (χ3n) is 4.63. The summed E-state index contributed by atoms with van der Waals surface area (Å²) < 4.78 is 58.9. The number of alkyl halides is 3. The summed E-state index contributed by atoms with van der Waals surface area (Å²) in [5.41, 5.74) is 1.09. The van der Waals surface area contributed by atoms with Gasteiger partial charge in [-0.3, -0.25) is 9.98 Å². The maximum absolute atomic E-state index is 14.4. The molecule has 0 saturated carbocycles. The van der Waals surface area contributed by atoms with Crippen LogP contribution in [0.3, 0.4) is 0 Å². The molecule has 9 heteroatoms. The van der Waals surface area contributed by atoms with Gasteiger partial charge in [0, 0.05) is 24.5 Å². The van der Waals surface area contributed by atoms with Crippen LogP contribution in [0.15, 0.2) is 69.8 Å². The van der Waals surface area contributed by atoms with E-state index in [1.165, 1.54) is 12.1 Å². The summed E-state index contributed by atoms with van der Waals surface area (Å²) >= 11 is 0. The SMILES string of the molecule is Cl.Cl.Fc1c(-c2ccc(/C=C3/CCCN=C3c3cccnc3)o2)cccc1C(F)(F)F. The Morgan fingerprint density at radius 2 is 1.81 bits per heavy atom. The lowest BCUT2D eigenvalue weighted by Crippen LogP contribution is -2.11. The molecule has 0 atom stereocenters. The second-order valence-electron chi connectivity index (χ2n) is 6.61. The highest BCUT2D eigenvalue weighted by Gasteiger charge is 2.35. The zero-order valence-corrected chi connectivity index (χ0v) is 17.7. The van der Waals surface area contributed by atoms with Crippen LogP contribution in [-0.2, 0) is 6.18 Å². The van der Waals surface area contributed by atoms with Crippen molar-refractivity contribution in [2.45, 2.75) is 19.0 Å². The van der Waals surface area contributed by atoms with E-state index in [0.717, 1.165) is 35.8 Å². The van der Waals surface area contributed by atoms with Gasteiger partial charge in [-0.2, -0.15) is 13.2 Å². The molecule has 3 heterocycles. The largest absolute Gasteiger partial charge is 0.457 e. The molecule has 164 valence electrons. The van der Waals surface area contributed by atoms with Crippen LogP contribution in [0.25, 0.3) is 17.4 Å². The molecular formula is C22H18Cl2F4N2O. The van der Waals surface area contributed by atoms with Crippen LogP contribution in [0, 0.1) is 5.82 Å². The first-order chi connectivity index (χ1) is 13.9. The molecule has 1 aliphatic heterocycles. The van der Waals surface area contributed by atoms with Gasteiger partial charge in [0.2, 0.25) is 0 Å². The van der Waals surface area contributed by atoms with Crippen molar-refractivity contribution in [2.24, 2.45) is 4.99 Å². The summed E-state index contributed by atoms with van der Waals surface area (Å²) in [6.07, 6.45) is 2.09. The van der Waals surface area contributed by atoms with E-state index in [2.05, 4.69) is 9.98 Å². The Bertz CT molecular complexity index is 1090. The van der Waals surface area contributed by atoms with Crippen LogP contribution in [0.1, 0.15) is 29.7 Å². The smallest absolute Gasteiger partial charge is 0.419 e. The Balaban J connectivity index is 0.00000171. The van der Waals surface area contributed by atoms with Gasteiger partial charge in [0.1, 0.15) is 17.3 Å². The van der Waals surface area contributed by atoms with Crippen LogP contribution < -0.4 is 0 Å². The number of furan rings is 1. The average molecular weight is 473 g/mol.